The largest absolute Gasteiger partial charge is 0.392 e. The van der Waals surface area contributed by atoms with Gasteiger partial charge in [0, 0.05) is 18.8 Å². The Hall–Kier alpha value is -0.930. The number of nitrogens with zero attached hydrogens (tertiary/aromatic N) is 1. The molecule has 78 valence electrons. The number of hydrogen-bond acceptors (Lipinski definition) is 3. The molecule has 1 unspecified atom stereocenters. The number of nitrogens with one attached hydrogen (secondary N) is 1. The molecule has 1 rings (SSSR count). The van der Waals surface area contributed by atoms with Crippen molar-refractivity contribution < 1.29 is 5.11 Å². The van der Waals surface area contributed by atoms with Crippen LogP contribution in [0.1, 0.15) is 32.0 Å². The SMILES string of the molecule is CCC(O)CN[C@@H](C)c1ccccn1. The van der Waals surface area contributed by atoms with Gasteiger partial charge in [0.25, 0.3) is 0 Å². The zero-order chi connectivity index (χ0) is 10.4. The Morgan fingerprint density at radius 2 is 2.29 bits per heavy atom. The third kappa shape index (κ3) is 3.44. The number of aromatic nitrogens is 1. The standard InChI is InChI=1S/C11H18N2O/c1-3-10(14)8-13-9(2)11-6-4-5-7-12-11/h4-7,9-10,13-14H,3,8H2,1-2H3/t9-,10?/m0/s1. The topological polar surface area (TPSA) is 45.1 Å². The Morgan fingerprint density at radius 3 is 2.86 bits per heavy atom. The third-order valence-corrected chi connectivity index (χ3v) is 2.26. The van der Waals surface area contributed by atoms with E-state index in [1.165, 1.54) is 0 Å². The molecular formula is C11H18N2O. The van der Waals surface area contributed by atoms with Gasteiger partial charge < -0.3 is 10.4 Å². The van der Waals surface area contributed by atoms with Gasteiger partial charge in [0.05, 0.1) is 11.8 Å². The van der Waals surface area contributed by atoms with Crippen LogP contribution in [0, 0.1) is 0 Å². The van der Waals surface area contributed by atoms with Crippen LogP contribution in [0.3, 0.4) is 0 Å². The molecule has 0 fully saturated rings. The van der Waals surface area contributed by atoms with Crippen LogP contribution in [0.5, 0.6) is 0 Å². The molecule has 0 bridgehead atoms. The number of aliphatic hydroxyl groups excluding tert-OH is 1. The van der Waals surface area contributed by atoms with Crippen molar-refractivity contribution in [1.82, 2.24) is 10.3 Å². The molecule has 3 heteroatoms. The summed E-state index contributed by atoms with van der Waals surface area (Å²) in [5.41, 5.74) is 1.01. The monoisotopic (exact) mass is 194 g/mol. The van der Waals surface area contributed by atoms with Crippen LogP contribution >= 0.6 is 0 Å². The predicted molar refractivity (Wildman–Crippen MR) is 57.0 cm³/mol. The van der Waals surface area contributed by atoms with E-state index in [2.05, 4.69) is 10.3 Å². The van der Waals surface area contributed by atoms with Gasteiger partial charge >= 0.3 is 0 Å². The second-order valence-corrected chi connectivity index (χ2v) is 3.45. The minimum atomic E-state index is -0.263. The molecule has 2 N–H and O–H groups in total. The molecule has 14 heavy (non-hydrogen) atoms. The Morgan fingerprint density at radius 1 is 1.50 bits per heavy atom. The number of pyridine rings is 1. The van der Waals surface area contributed by atoms with Crippen LogP contribution in [-0.4, -0.2) is 22.7 Å². The molecule has 0 spiro atoms. The summed E-state index contributed by atoms with van der Waals surface area (Å²) in [6.07, 6.45) is 2.30. The van der Waals surface area contributed by atoms with Crippen molar-refractivity contribution in [2.75, 3.05) is 6.54 Å². The number of aliphatic hydroxyl groups is 1. The lowest BCUT2D eigenvalue weighted by Gasteiger charge is -2.15. The van der Waals surface area contributed by atoms with E-state index in [0.717, 1.165) is 12.1 Å². The van der Waals surface area contributed by atoms with Gasteiger partial charge in [-0.3, -0.25) is 4.98 Å². The van der Waals surface area contributed by atoms with Crippen molar-refractivity contribution in [3.63, 3.8) is 0 Å². The summed E-state index contributed by atoms with van der Waals surface area (Å²) >= 11 is 0. The van der Waals surface area contributed by atoms with Crippen molar-refractivity contribution >= 4 is 0 Å². The van der Waals surface area contributed by atoms with Gasteiger partial charge in [-0.05, 0) is 25.5 Å². The van der Waals surface area contributed by atoms with E-state index in [-0.39, 0.29) is 12.1 Å². The van der Waals surface area contributed by atoms with Gasteiger partial charge in [-0.25, -0.2) is 0 Å². The average molecular weight is 194 g/mol. The third-order valence-electron chi connectivity index (χ3n) is 2.26. The number of hydrogen-bond donors (Lipinski definition) is 2. The summed E-state index contributed by atoms with van der Waals surface area (Å²) in [5, 5.41) is 12.6. The predicted octanol–water partition coefficient (Wildman–Crippen LogP) is 1.50. The zero-order valence-corrected chi connectivity index (χ0v) is 8.77. The van der Waals surface area contributed by atoms with Crippen LogP contribution in [0.4, 0.5) is 0 Å². The van der Waals surface area contributed by atoms with Crippen LogP contribution in [-0.2, 0) is 0 Å². The van der Waals surface area contributed by atoms with E-state index in [4.69, 9.17) is 0 Å². The Kier molecular flexibility index (Phi) is 4.56. The summed E-state index contributed by atoms with van der Waals surface area (Å²) in [7, 11) is 0. The first kappa shape index (κ1) is 11.1. The maximum atomic E-state index is 9.37. The molecule has 0 saturated heterocycles. The van der Waals surface area contributed by atoms with Crippen LogP contribution < -0.4 is 5.32 Å². The van der Waals surface area contributed by atoms with Gasteiger partial charge in [0.2, 0.25) is 0 Å². The molecule has 3 nitrogen and oxygen atoms in total. The summed E-state index contributed by atoms with van der Waals surface area (Å²) in [4.78, 5) is 4.24. The van der Waals surface area contributed by atoms with E-state index in [0.29, 0.717) is 6.54 Å². The molecule has 0 radical (unpaired) electrons. The molecule has 1 aromatic heterocycles. The Labute approximate surface area is 85.2 Å². The minimum absolute atomic E-state index is 0.192. The van der Waals surface area contributed by atoms with Gasteiger partial charge in [0.1, 0.15) is 0 Å². The van der Waals surface area contributed by atoms with Crippen LogP contribution in [0.25, 0.3) is 0 Å². The lowest BCUT2D eigenvalue weighted by molar-refractivity contribution is 0.163. The van der Waals surface area contributed by atoms with Gasteiger partial charge in [0.15, 0.2) is 0 Å². The Bertz CT molecular complexity index is 251. The van der Waals surface area contributed by atoms with Crippen molar-refractivity contribution in [3.8, 4) is 0 Å². The molecule has 0 saturated carbocycles. The maximum Gasteiger partial charge on any atom is 0.0662 e. The van der Waals surface area contributed by atoms with E-state index < -0.39 is 0 Å². The molecule has 0 aliphatic rings. The first-order valence-corrected chi connectivity index (χ1v) is 5.06. The van der Waals surface area contributed by atoms with Crippen LogP contribution in [0.2, 0.25) is 0 Å². The van der Waals surface area contributed by atoms with E-state index in [9.17, 15) is 5.11 Å². The first-order valence-electron chi connectivity index (χ1n) is 5.06. The fraction of sp³-hybridized carbons (Fsp3) is 0.545. The quantitative estimate of drug-likeness (QED) is 0.746. The second-order valence-electron chi connectivity index (χ2n) is 3.45. The van der Waals surface area contributed by atoms with Crippen molar-refractivity contribution in [3.05, 3.63) is 30.1 Å². The van der Waals surface area contributed by atoms with Gasteiger partial charge in [-0.1, -0.05) is 13.0 Å². The highest BCUT2D eigenvalue weighted by Gasteiger charge is 2.07. The van der Waals surface area contributed by atoms with Crippen molar-refractivity contribution in [2.45, 2.75) is 32.4 Å². The highest BCUT2D eigenvalue weighted by molar-refractivity contribution is 5.07. The molecule has 0 aliphatic heterocycles. The van der Waals surface area contributed by atoms with Crippen molar-refractivity contribution in [1.29, 1.82) is 0 Å². The zero-order valence-electron chi connectivity index (χ0n) is 8.77. The lowest BCUT2D eigenvalue weighted by atomic mass is 10.2. The molecule has 0 aliphatic carbocycles. The molecule has 1 aromatic rings. The summed E-state index contributed by atoms with van der Waals surface area (Å²) in [5.74, 6) is 0. The fourth-order valence-electron chi connectivity index (χ4n) is 1.19. The maximum absolute atomic E-state index is 9.37. The summed E-state index contributed by atoms with van der Waals surface area (Å²) in [6, 6.07) is 6.04. The molecular weight excluding hydrogens is 176 g/mol. The average Bonchev–Trinajstić information content (AvgIpc) is 2.26. The highest BCUT2D eigenvalue weighted by atomic mass is 16.3. The highest BCUT2D eigenvalue weighted by Crippen LogP contribution is 2.07. The minimum Gasteiger partial charge on any atom is -0.392 e. The van der Waals surface area contributed by atoms with Gasteiger partial charge in [-0.2, -0.15) is 0 Å². The first-order chi connectivity index (χ1) is 6.74. The second kappa shape index (κ2) is 5.73. The van der Waals surface area contributed by atoms with E-state index in [1.54, 1.807) is 6.20 Å². The normalized spacial score (nSPS) is 15.1. The Balaban J connectivity index is 2.39. The lowest BCUT2D eigenvalue weighted by Crippen LogP contribution is -2.28. The smallest absolute Gasteiger partial charge is 0.0662 e. The molecule has 0 amide bonds. The number of rotatable bonds is 5. The van der Waals surface area contributed by atoms with E-state index in [1.807, 2.05) is 32.0 Å². The van der Waals surface area contributed by atoms with E-state index >= 15 is 0 Å². The summed E-state index contributed by atoms with van der Waals surface area (Å²) in [6.45, 7) is 4.64. The van der Waals surface area contributed by atoms with Gasteiger partial charge in [-0.15, -0.1) is 0 Å². The van der Waals surface area contributed by atoms with Crippen LogP contribution in [0.15, 0.2) is 24.4 Å². The summed E-state index contributed by atoms with van der Waals surface area (Å²) < 4.78 is 0. The fourth-order valence-corrected chi connectivity index (χ4v) is 1.19. The molecule has 1 heterocycles. The molecule has 2 atom stereocenters. The molecule has 0 aromatic carbocycles. The van der Waals surface area contributed by atoms with Crippen molar-refractivity contribution in [2.24, 2.45) is 0 Å².